The fourth-order valence-corrected chi connectivity index (χ4v) is 1.16. The van der Waals surface area contributed by atoms with E-state index in [9.17, 15) is 5.11 Å². The second-order valence-electron chi connectivity index (χ2n) is 3.06. The summed E-state index contributed by atoms with van der Waals surface area (Å²) in [4.78, 5) is 0. The molecule has 0 fully saturated rings. The smallest absolute Gasteiger partial charge is 0.0830 e. The Morgan fingerprint density at radius 3 is 2.09 bits per heavy atom. The van der Waals surface area contributed by atoms with E-state index in [1.165, 1.54) is 0 Å². The molecule has 0 heterocycles. The molecule has 0 bridgehead atoms. The van der Waals surface area contributed by atoms with Gasteiger partial charge >= 0.3 is 0 Å². The predicted molar refractivity (Wildman–Crippen MR) is 46.5 cm³/mol. The van der Waals surface area contributed by atoms with E-state index in [4.69, 9.17) is 4.74 Å². The van der Waals surface area contributed by atoms with Crippen LogP contribution in [0.15, 0.2) is 0 Å². The Kier molecular flexibility index (Phi) is 5.51. The first-order valence-corrected chi connectivity index (χ1v) is 4.38. The SMILES string of the molecule is CCC(C)C(O)C(CC)OC. The van der Waals surface area contributed by atoms with E-state index in [1.54, 1.807) is 7.11 Å². The Hall–Kier alpha value is -0.0800. The zero-order chi connectivity index (χ0) is 8.85. The van der Waals surface area contributed by atoms with Gasteiger partial charge in [-0.2, -0.15) is 0 Å². The van der Waals surface area contributed by atoms with E-state index >= 15 is 0 Å². The molecule has 0 spiro atoms. The van der Waals surface area contributed by atoms with Crippen molar-refractivity contribution in [3.8, 4) is 0 Å². The van der Waals surface area contributed by atoms with Crippen LogP contribution < -0.4 is 0 Å². The van der Waals surface area contributed by atoms with Gasteiger partial charge in [-0.3, -0.25) is 0 Å². The van der Waals surface area contributed by atoms with Gasteiger partial charge in [0.15, 0.2) is 0 Å². The quantitative estimate of drug-likeness (QED) is 0.664. The lowest BCUT2D eigenvalue weighted by molar-refractivity contribution is -0.0398. The summed E-state index contributed by atoms with van der Waals surface area (Å²) in [5, 5.41) is 9.65. The Balaban J connectivity index is 3.86. The molecule has 0 amide bonds. The summed E-state index contributed by atoms with van der Waals surface area (Å²) in [5.41, 5.74) is 0. The van der Waals surface area contributed by atoms with Gasteiger partial charge in [0.25, 0.3) is 0 Å². The Labute approximate surface area is 69.6 Å². The van der Waals surface area contributed by atoms with Crippen molar-refractivity contribution >= 4 is 0 Å². The van der Waals surface area contributed by atoms with Crippen LogP contribution in [0.2, 0.25) is 0 Å². The lowest BCUT2D eigenvalue weighted by Gasteiger charge is -2.24. The molecule has 3 atom stereocenters. The second kappa shape index (κ2) is 5.56. The maximum absolute atomic E-state index is 9.65. The molecule has 68 valence electrons. The lowest BCUT2D eigenvalue weighted by Crippen LogP contribution is -2.32. The number of aliphatic hydroxyl groups excluding tert-OH is 1. The van der Waals surface area contributed by atoms with Gasteiger partial charge in [-0.25, -0.2) is 0 Å². The molecular weight excluding hydrogens is 140 g/mol. The molecule has 0 radical (unpaired) electrons. The van der Waals surface area contributed by atoms with Crippen molar-refractivity contribution in [3.63, 3.8) is 0 Å². The van der Waals surface area contributed by atoms with Crippen molar-refractivity contribution in [2.75, 3.05) is 7.11 Å². The maximum atomic E-state index is 9.65. The maximum Gasteiger partial charge on any atom is 0.0830 e. The molecule has 0 aromatic heterocycles. The molecule has 0 aliphatic rings. The highest BCUT2D eigenvalue weighted by atomic mass is 16.5. The van der Waals surface area contributed by atoms with Gasteiger partial charge in [-0.1, -0.05) is 27.2 Å². The monoisotopic (exact) mass is 160 g/mol. The summed E-state index contributed by atoms with van der Waals surface area (Å²) in [7, 11) is 1.65. The lowest BCUT2D eigenvalue weighted by atomic mass is 9.96. The highest BCUT2D eigenvalue weighted by Gasteiger charge is 2.21. The number of rotatable bonds is 5. The minimum atomic E-state index is -0.310. The van der Waals surface area contributed by atoms with Crippen molar-refractivity contribution in [1.29, 1.82) is 0 Å². The van der Waals surface area contributed by atoms with Crippen LogP contribution in [-0.2, 0) is 4.74 Å². The summed E-state index contributed by atoms with van der Waals surface area (Å²) in [6.07, 6.45) is 1.57. The van der Waals surface area contributed by atoms with E-state index in [0.717, 1.165) is 12.8 Å². The van der Waals surface area contributed by atoms with E-state index in [2.05, 4.69) is 6.92 Å². The summed E-state index contributed by atoms with van der Waals surface area (Å²) in [5.74, 6) is 0.333. The van der Waals surface area contributed by atoms with Crippen molar-refractivity contribution in [1.82, 2.24) is 0 Å². The zero-order valence-electron chi connectivity index (χ0n) is 8.00. The summed E-state index contributed by atoms with van der Waals surface area (Å²) in [6, 6.07) is 0. The molecule has 1 N–H and O–H groups in total. The minimum absolute atomic E-state index is 0.00458. The molecule has 2 nitrogen and oxygen atoms in total. The molecule has 0 rings (SSSR count). The van der Waals surface area contributed by atoms with Crippen LogP contribution in [0.25, 0.3) is 0 Å². The van der Waals surface area contributed by atoms with E-state index in [1.807, 2.05) is 13.8 Å². The predicted octanol–water partition coefficient (Wildman–Crippen LogP) is 1.82. The molecule has 0 aromatic carbocycles. The van der Waals surface area contributed by atoms with Crippen molar-refractivity contribution in [2.45, 2.75) is 45.8 Å². The number of methoxy groups -OCH3 is 1. The fourth-order valence-electron chi connectivity index (χ4n) is 1.16. The standard InChI is InChI=1S/C9H20O2/c1-5-7(3)9(10)8(6-2)11-4/h7-10H,5-6H2,1-4H3. The summed E-state index contributed by atoms with van der Waals surface area (Å²) < 4.78 is 5.13. The van der Waals surface area contributed by atoms with Gasteiger partial charge in [0.1, 0.15) is 0 Å². The van der Waals surface area contributed by atoms with Gasteiger partial charge in [0, 0.05) is 7.11 Å². The van der Waals surface area contributed by atoms with Gasteiger partial charge in [0.05, 0.1) is 12.2 Å². The normalized spacial score (nSPS) is 19.4. The molecular formula is C9H20O2. The molecule has 0 aromatic rings. The number of hydrogen-bond acceptors (Lipinski definition) is 2. The Bertz CT molecular complexity index is 89.6. The van der Waals surface area contributed by atoms with Crippen molar-refractivity contribution in [2.24, 2.45) is 5.92 Å². The average Bonchev–Trinajstić information content (AvgIpc) is 2.05. The fraction of sp³-hybridized carbons (Fsp3) is 1.00. The molecule has 11 heavy (non-hydrogen) atoms. The summed E-state index contributed by atoms with van der Waals surface area (Å²) >= 11 is 0. The first kappa shape index (κ1) is 10.9. The zero-order valence-corrected chi connectivity index (χ0v) is 8.00. The van der Waals surface area contributed by atoms with E-state index in [0.29, 0.717) is 5.92 Å². The molecule has 3 unspecified atom stereocenters. The first-order valence-electron chi connectivity index (χ1n) is 4.38. The largest absolute Gasteiger partial charge is 0.390 e. The van der Waals surface area contributed by atoms with Gasteiger partial charge in [-0.15, -0.1) is 0 Å². The third kappa shape index (κ3) is 3.21. The van der Waals surface area contributed by atoms with Crippen molar-refractivity contribution < 1.29 is 9.84 Å². The number of hydrogen-bond donors (Lipinski definition) is 1. The van der Waals surface area contributed by atoms with Gasteiger partial charge < -0.3 is 9.84 Å². The van der Waals surface area contributed by atoms with Crippen molar-refractivity contribution in [3.05, 3.63) is 0 Å². The third-order valence-electron chi connectivity index (χ3n) is 2.31. The molecule has 0 aliphatic heterocycles. The third-order valence-corrected chi connectivity index (χ3v) is 2.31. The van der Waals surface area contributed by atoms with Crippen LogP contribution in [0.4, 0.5) is 0 Å². The molecule has 0 aliphatic carbocycles. The molecule has 0 saturated heterocycles. The first-order chi connectivity index (χ1) is 5.17. The Morgan fingerprint density at radius 1 is 1.27 bits per heavy atom. The van der Waals surface area contributed by atoms with Crippen LogP contribution in [0, 0.1) is 5.92 Å². The van der Waals surface area contributed by atoms with E-state index in [-0.39, 0.29) is 12.2 Å². The minimum Gasteiger partial charge on any atom is -0.390 e. The van der Waals surface area contributed by atoms with Crippen LogP contribution in [0.3, 0.4) is 0 Å². The van der Waals surface area contributed by atoms with Gasteiger partial charge in [-0.05, 0) is 12.3 Å². The number of ether oxygens (including phenoxy) is 1. The highest BCUT2D eigenvalue weighted by molar-refractivity contribution is 4.71. The van der Waals surface area contributed by atoms with Crippen LogP contribution in [0.1, 0.15) is 33.6 Å². The van der Waals surface area contributed by atoms with Gasteiger partial charge in [0.2, 0.25) is 0 Å². The van der Waals surface area contributed by atoms with E-state index < -0.39 is 0 Å². The molecule has 2 heteroatoms. The van der Waals surface area contributed by atoms with Crippen LogP contribution >= 0.6 is 0 Å². The highest BCUT2D eigenvalue weighted by Crippen LogP contribution is 2.14. The summed E-state index contributed by atoms with van der Waals surface area (Å²) in [6.45, 7) is 6.16. The average molecular weight is 160 g/mol. The number of aliphatic hydroxyl groups is 1. The second-order valence-corrected chi connectivity index (χ2v) is 3.06. The topological polar surface area (TPSA) is 29.5 Å². The Morgan fingerprint density at radius 2 is 1.82 bits per heavy atom. The van der Waals surface area contributed by atoms with Crippen LogP contribution in [0.5, 0.6) is 0 Å². The molecule has 0 saturated carbocycles. The van der Waals surface area contributed by atoms with Crippen LogP contribution in [-0.4, -0.2) is 24.4 Å².